The summed E-state index contributed by atoms with van der Waals surface area (Å²) in [6, 6.07) is 16.6. The van der Waals surface area contributed by atoms with Crippen LogP contribution in [0.15, 0.2) is 78.1 Å². The first-order chi connectivity index (χ1) is 25.0. The molecule has 0 saturated carbocycles. The van der Waals surface area contributed by atoms with Crippen LogP contribution in [0, 0.1) is 0 Å². The molecule has 0 unspecified atom stereocenters. The molecule has 6 aliphatic rings. The Kier molecular flexibility index (Phi) is 10.4. The Morgan fingerprint density at radius 3 is 1.56 bits per heavy atom. The lowest BCUT2D eigenvalue weighted by atomic mass is 10.1. The Bertz CT molecular complexity index is 1970. The summed E-state index contributed by atoms with van der Waals surface area (Å²) >= 11 is 0. The number of fused-ring (bicyclic) bond motifs is 3. The number of Topliss-reactive ketones (excluding diaryl/α,β-unsaturated/α-hetero) is 2. The topological polar surface area (TPSA) is 230 Å². The summed E-state index contributed by atoms with van der Waals surface area (Å²) in [5.41, 5.74) is 15.2. The van der Waals surface area contributed by atoms with Gasteiger partial charge in [0.05, 0.1) is 26.1 Å². The van der Waals surface area contributed by atoms with E-state index in [9.17, 15) is 33.6 Å². The van der Waals surface area contributed by atoms with Gasteiger partial charge in [-0.15, -0.1) is 0 Å². The van der Waals surface area contributed by atoms with Crippen molar-refractivity contribution >= 4 is 58.2 Å². The standard InChI is InChI=1S/C13H12N2O2.C12H11N3O2.C8H8N2O.C4H5NO2/c16-12-4-1-8-5-9(2-3-11(8)12)15-10-6-13(17)14-7-10;16-11-4-9(6-13-11)15-8-1-2-10-7(3-8)5-14-12(10)17;9-6-1-2-7-5(3-6)4-10-8(7)11;6-3-1-4(7)5-2-3/h2-3,5-6,15H,1,4,7H2,(H,14,17);1-4,15H,5-6H2,(H,13,16)(H,14,17);1-3H,4,9H2,(H,10,11);1-2H2,(H,5,7). The van der Waals surface area contributed by atoms with Crippen LogP contribution in [0.2, 0.25) is 0 Å². The van der Waals surface area contributed by atoms with Crippen LogP contribution in [0.1, 0.15) is 60.6 Å². The number of benzene rings is 3. The Morgan fingerprint density at radius 1 is 0.519 bits per heavy atom. The molecule has 3 aromatic rings. The van der Waals surface area contributed by atoms with E-state index in [0.717, 1.165) is 62.6 Å². The first-order valence-corrected chi connectivity index (χ1v) is 16.5. The number of carbonyl (C=O) groups excluding carboxylic acids is 7. The predicted molar refractivity (Wildman–Crippen MR) is 191 cm³/mol. The van der Waals surface area contributed by atoms with Crippen LogP contribution in [-0.4, -0.2) is 60.7 Å². The van der Waals surface area contributed by atoms with Crippen LogP contribution >= 0.6 is 0 Å². The van der Waals surface area contributed by atoms with Gasteiger partial charge in [0.15, 0.2) is 11.6 Å². The lowest BCUT2D eigenvalue weighted by molar-refractivity contribution is -0.122. The molecule has 1 fully saturated rings. The molecule has 9 N–H and O–H groups in total. The molecule has 0 radical (unpaired) electrons. The van der Waals surface area contributed by atoms with Crippen molar-refractivity contribution in [3.05, 3.63) is 112 Å². The number of ketones is 2. The van der Waals surface area contributed by atoms with E-state index >= 15 is 0 Å². The van der Waals surface area contributed by atoms with E-state index in [1.54, 1.807) is 24.3 Å². The van der Waals surface area contributed by atoms with Crippen LogP contribution in [-0.2, 0) is 38.7 Å². The van der Waals surface area contributed by atoms with E-state index in [-0.39, 0.29) is 54.1 Å². The molecule has 3 aromatic carbocycles. The number of carbonyl (C=O) groups is 7. The molecule has 5 aliphatic heterocycles. The highest BCUT2D eigenvalue weighted by molar-refractivity contribution is 6.05. The highest BCUT2D eigenvalue weighted by atomic mass is 16.2. The Labute approximate surface area is 297 Å². The molecule has 9 rings (SSSR count). The Morgan fingerprint density at radius 2 is 1.06 bits per heavy atom. The molecule has 15 heteroatoms. The number of hydrogen-bond acceptors (Lipinski definition) is 10. The number of amides is 5. The van der Waals surface area contributed by atoms with E-state index in [0.29, 0.717) is 38.3 Å². The molecule has 5 amide bonds. The third kappa shape index (κ3) is 8.68. The highest BCUT2D eigenvalue weighted by Crippen LogP contribution is 2.26. The minimum atomic E-state index is -0.148. The van der Waals surface area contributed by atoms with E-state index in [1.807, 2.05) is 36.4 Å². The van der Waals surface area contributed by atoms with Gasteiger partial charge in [0, 0.05) is 76.8 Å². The van der Waals surface area contributed by atoms with Gasteiger partial charge in [-0.2, -0.15) is 0 Å². The van der Waals surface area contributed by atoms with E-state index in [4.69, 9.17) is 5.73 Å². The third-order valence-corrected chi connectivity index (χ3v) is 8.60. The first-order valence-electron chi connectivity index (χ1n) is 16.5. The maximum atomic E-state index is 11.5. The predicted octanol–water partition coefficient (Wildman–Crippen LogP) is 1.18. The lowest BCUT2D eigenvalue weighted by Gasteiger charge is -2.08. The van der Waals surface area contributed by atoms with Gasteiger partial charge in [-0.25, -0.2) is 0 Å². The van der Waals surface area contributed by atoms with Crippen LogP contribution < -0.4 is 43.0 Å². The zero-order valence-corrected chi connectivity index (χ0v) is 27.9. The highest BCUT2D eigenvalue weighted by Gasteiger charge is 2.21. The molecule has 0 bridgehead atoms. The summed E-state index contributed by atoms with van der Waals surface area (Å²) in [6.07, 6.45) is 4.61. The monoisotopic (exact) mass is 704 g/mol. The van der Waals surface area contributed by atoms with Crippen LogP contribution in [0.4, 0.5) is 17.1 Å². The van der Waals surface area contributed by atoms with Gasteiger partial charge >= 0.3 is 0 Å². The van der Waals surface area contributed by atoms with Crippen molar-refractivity contribution in [3.63, 3.8) is 0 Å². The average Bonchev–Trinajstić information content (AvgIpc) is 3.99. The SMILES string of the molecule is Nc1ccc2c(c1)CNC2=O.O=C1C=C(Nc2ccc3c(c2)CCC3=O)CN1.O=C1C=C(Nc2ccc3c(c2)CNC3=O)CN1.O=C1CNC(=O)C1. The normalized spacial score (nSPS) is 17.2. The molecular formula is C37H36N8O7. The number of nitrogens with two attached hydrogens (primary N) is 1. The zero-order valence-electron chi connectivity index (χ0n) is 27.9. The van der Waals surface area contributed by atoms with Gasteiger partial charge in [0.1, 0.15) is 0 Å². The minimum Gasteiger partial charge on any atom is -0.399 e. The number of nitrogen functional groups attached to an aromatic ring is 1. The number of rotatable bonds is 4. The number of nitrogens with one attached hydrogen (secondary N) is 7. The molecule has 0 spiro atoms. The molecule has 1 aliphatic carbocycles. The molecule has 15 nitrogen and oxygen atoms in total. The van der Waals surface area contributed by atoms with Gasteiger partial charge in [-0.1, -0.05) is 0 Å². The summed E-state index contributed by atoms with van der Waals surface area (Å²) in [7, 11) is 0. The van der Waals surface area contributed by atoms with Crippen molar-refractivity contribution in [2.24, 2.45) is 0 Å². The van der Waals surface area contributed by atoms with E-state index < -0.39 is 0 Å². The lowest BCUT2D eigenvalue weighted by Crippen LogP contribution is -2.16. The fraction of sp³-hybridized carbons (Fsp3) is 0.216. The fourth-order valence-electron chi connectivity index (χ4n) is 6.01. The van der Waals surface area contributed by atoms with Gasteiger partial charge in [-0.05, 0) is 77.7 Å². The average molecular weight is 705 g/mol. The van der Waals surface area contributed by atoms with Gasteiger partial charge in [-0.3, -0.25) is 33.6 Å². The van der Waals surface area contributed by atoms with Crippen molar-refractivity contribution in [2.45, 2.75) is 32.4 Å². The second kappa shape index (κ2) is 15.4. The maximum Gasteiger partial charge on any atom is 0.251 e. The molecule has 0 aromatic heterocycles. The van der Waals surface area contributed by atoms with Crippen LogP contribution in [0.5, 0.6) is 0 Å². The summed E-state index contributed by atoms with van der Waals surface area (Å²) < 4.78 is 0. The summed E-state index contributed by atoms with van der Waals surface area (Å²) in [6.45, 7) is 2.47. The summed E-state index contributed by atoms with van der Waals surface area (Å²) in [5.74, 6) is -0.101. The van der Waals surface area contributed by atoms with Crippen LogP contribution in [0.3, 0.4) is 0 Å². The smallest absolute Gasteiger partial charge is 0.251 e. The zero-order chi connectivity index (χ0) is 36.8. The van der Waals surface area contributed by atoms with Crippen molar-refractivity contribution in [1.82, 2.24) is 26.6 Å². The quantitative estimate of drug-likeness (QED) is 0.143. The van der Waals surface area contributed by atoms with Crippen molar-refractivity contribution in [2.75, 3.05) is 36.0 Å². The number of aryl methyl sites for hydroxylation is 1. The van der Waals surface area contributed by atoms with Gasteiger partial charge in [0.2, 0.25) is 17.7 Å². The van der Waals surface area contributed by atoms with Crippen molar-refractivity contribution < 1.29 is 33.6 Å². The van der Waals surface area contributed by atoms with Gasteiger partial charge in [0.25, 0.3) is 11.8 Å². The molecule has 1 saturated heterocycles. The van der Waals surface area contributed by atoms with E-state index in [2.05, 4.69) is 37.2 Å². The molecule has 0 atom stereocenters. The molecule has 266 valence electrons. The number of hydrogen-bond donors (Lipinski definition) is 8. The fourth-order valence-corrected chi connectivity index (χ4v) is 6.01. The molecule has 5 heterocycles. The Hall–Kier alpha value is -6.77. The van der Waals surface area contributed by atoms with Gasteiger partial charge < -0.3 is 43.0 Å². The van der Waals surface area contributed by atoms with Crippen LogP contribution in [0.25, 0.3) is 0 Å². The van der Waals surface area contributed by atoms with Crippen molar-refractivity contribution in [1.29, 1.82) is 0 Å². The second-order valence-electron chi connectivity index (χ2n) is 12.5. The molecule has 52 heavy (non-hydrogen) atoms. The number of anilines is 3. The second-order valence-corrected chi connectivity index (χ2v) is 12.5. The first kappa shape index (κ1) is 35.1. The Balaban J connectivity index is 0.000000125. The largest absolute Gasteiger partial charge is 0.399 e. The molecular weight excluding hydrogens is 668 g/mol. The minimum absolute atomic E-state index is 0.000000000000000222. The maximum absolute atomic E-state index is 11.5. The summed E-state index contributed by atoms with van der Waals surface area (Å²) in [5, 5.41) is 19.6. The third-order valence-electron chi connectivity index (χ3n) is 8.60. The van der Waals surface area contributed by atoms with Crippen molar-refractivity contribution in [3.8, 4) is 0 Å². The van der Waals surface area contributed by atoms with E-state index in [1.165, 1.54) is 6.08 Å². The summed E-state index contributed by atoms with van der Waals surface area (Å²) in [4.78, 5) is 76.2.